The van der Waals surface area contributed by atoms with Crippen LogP contribution in [0.5, 0.6) is 0 Å². The molecule has 0 N–H and O–H groups in total. The summed E-state index contributed by atoms with van der Waals surface area (Å²) in [6.07, 6.45) is 2.14. The van der Waals surface area contributed by atoms with Gasteiger partial charge in [0.15, 0.2) is 0 Å². The number of benzene rings is 3. The van der Waals surface area contributed by atoms with Gasteiger partial charge < -0.3 is 14.6 Å². The Morgan fingerprint density at radius 1 is 1.03 bits per heavy atom. The summed E-state index contributed by atoms with van der Waals surface area (Å²) in [6, 6.07) is 14.4. The van der Waals surface area contributed by atoms with Gasteiger partial charge in [0.2, 0.25) is 5.91 Å². The van der Waals surface area contributed by atoms with Crippen LogP contribution in [0.4, 0.5) is 5.69 Å². The SMILES string of the molecule is CN1CCCc2cc(N3CC[C@H](N(OC=O)S(=O)(=O)c4ccc5cc(Cl)ccc5c4)C3=O)ccc2C1. The molecule has 0 bridgehead atoms. The van der Waals surface area contributed by atoms with Crippen LogP contribution >= 0.6 is 11.6 Å². The first-order valence-electron chi connectivity index (χ1n) is 11.7. The number of carbonyl (C=O) groups is 2. The van der Waals surface area contributed by atoms with Crippen LogP contribution in [-0.4, -0.2) is 56.3 Å². The molecule has 8 nitrogen and oxygen atoms in total. The number of amides is 1. The maximum atomic E-state index is 13.5. The molecule has 10 heteroatoms. The lowest BCUT2D eigenvalue weighted by Crippen LogP contribution is -2.45. The summed E-state index contributed by atoms with van der Waals surface area (Å²) in [5.41, 5.74) is 3.14. The van der Waals surface area contributed by atoms with Crippen molar-refractivity contribution in [1.29, 1.82) is 0 Å². The first-order chi connectivity index (χ1) is 17.3. The molecule has 2 aliphatic rings. The summed E-state index contributed by atoms with van der Waals surface area (Å²) < 4.78 is 27.6. The lowest BCUT2D eigenvalue weighted by atomic mass is 10.0. The molecule has 1 fully saturated rings. The predicted octanol–water partition coefficient (Wildman–Crippen LogP) is 3.76. The zero-order valence-electron chi connectivity index (χ0n) is 19.8. The number of nitrogens with zero attached hydrogens (tertiary/aromatic N) is 3. The third kappa shape index (κ3) is 4.59. The van der Waals surface area contributed by atoms with Gasteiger partial charge in [0.1, 0.15) is 6.04 Å². The first kappa shape index (κ1) is 24.7. The van der Waals surface area contributed by atoms with Crippen molar-refractivity contribution in [3.63, 3.8) is 0 Å². The van der Waals surface area contributed by atoms with Crippen LogP contribution in [-0.2, 0) is 37.4 Å². The van der Waals surface area contributed by atoms with Crippen LogP contribution in [0.25, 0.3) is 10.8 Å². The maximum Gasteiger partial charge on any atom is 0.314 e. The Hall–Kier alpha value is -2.98. The Kier molecular flexibility index (Phi) is 6.74. The van der Waals surface area contributed by atoms with Gasteiger partial charge in [-0.05, 0) is 95.6 Å². The van der Waals surface area contributed by atoms with Gasteiger partial charge in [0.25, 0.3) is 10.0 Å². The molecule has 2 heterocycles. The van der Waals surface area contributed by atoms with Crippen LogP contribution in [0.3, 0.4) is 0 Å². The summed E-state index contributed by atoms with van der Waals surface area (Å²) in [5, 5.41) is 1.95. The third-order valence-corrected chi connectivity index (χ3v) is 8.71. The molecule has 3 aromatic carbocycles. The Balaban J connectivity index is 1.43. The molecule has 3 aromatic rings. The fraction of sp³-hybridized carbons (Fsp3) is 0.308. The molecule has 0 saturated carbocycles. The Bertz CT molecular complexity index is 1440. The molecule has 2 aliphatic heterocycles. The number of hydrogen-bond donors (Lipinski definition) is 0. The van der Waals surface area contributed by atoms with E-state index >= 15 is 0 Å². The second kappa shape index (κ2) is 9.82. The zero-order chi connectivity index (χ0) is 25.4. The molecule has 0 aliphatic carbocycles. The Morgan fingerprint density at radius 3 is 2.61 bits per heavy atom. The number of fused-ring (bicyclic) bond motifs is 2. The van der Waals surface area contributed by atoms with Crippen molar-refractivity contribution in [2.45, 2.75) is 36.7 Å². The largest absolute Gasteiger partial charge is 0.355 e. The number of aryl methyl sites for hydroxylation is 1. The molecule has 5 rings (SSSR count). The third-order valence-electron chi connectivity index (χ3n) is 6.81. The van der Waals surface area contributed by atoms with E-state index in [2.05, 4.69) is 11.9 Å². The van der Waals surface area contributed by atoms with Gasteiger partial charge in [-0.1, -0.05) is 29.8 Å². The fourth-order valence-corrected chi connectivity index (χ4v) is 6.58. The van der Waals surface area contributed by atoms with Crippen LogP contribution in [0.15, 0.2) is 59.5 Å². The van der Waals surface area contributed by atoms with Gasteiger partial charge in [-0.15, -0.1) is 0 Å². The minimum absolute atomic E-state index is 0.0349. The lowest BCUT2D eigenvalue weighted by molar-refractivity contribution is -0.160. The number of halogens is 1. The monoisotopic (exact) mass is 527 g/mol. The molecule has 1 amide bonds. The number of rotatable bonds is 6. The lowest BCUT2D eigenvalue weighted by Gasteiger charge is -2.24. The normalized spacial score (nSPS) is 18.9. The van der Waals surface area contributed by atoms with E-state index in [1.54, 1.807) is 29.2 Å². The second-order valence-corrected chi connectivity index (χ2v) is 11.4. The van der Waals surface area contributed by atoms with E-state index in [1.165, 1.54) is 23.3 Å². The fourth-order valence-electron chi connectivity index (χ4n) is 4.99. The molecule has 0 aromatic heterocycles. The van der Waals surface area contributed by atoms with E-state index in [0.717, 1.165) is 37.0 Å². The predicted molar refractivity (Wildman–Crippen MR) is 137 cm³/mol. The number of anilines is 1. The van der Waals surface area contributed by atoms with Crippen molar-refractivity contribution in [1.82, 2.24) is 9.37 Å². The van der Waals surface area contributed by atoms with Crippen LogP contribution < -0.4 is 4.90 Å². The molecule has 188 valence electrons. The van der Waals surface area contributed by atoms with Gasteiger partial charge in [0, 0.05) is 23.8 Å². The molecular formula is C26H26ClN3O5S. The van der Waals surface area contributed by atoms with Gasteiger partial charge >= 0.3 is 6.47 Å². The summed E-state index contributed by atoms with van der Waals surface area (Å²) in [4.78, 5) is 33.4. The van der Waals surface area contributed by atoms with Gasteiger partial charge in [-0.3, -0.25) is 9.59 Å². The zero-order valence-corrected chi connectivity index (χ0v) is 21.3. The Labute approximate surface area is 215 Å². The van der Waals surface area contributed by atoms with Crippen molar-refractivity contribution < 1.29 is 22.8 Å². The van der Waals surface area contributed by atoms with E-state index in [1.807, 2.05) is 18.2 Å². The quantitative estimate of drug-likeness (QED) is 0.358. The average molecular weight is 528 g/mol. The number of carbonyl (C=O) groups excluding carboxylic acids is 2. The first-order valence-corrected chi connectivity index (χ1v) is 13.6. The molecule has 0 radical (unpaired) electrons. The molecule has 1 atom stereocenters. The standard InChI is InChI=1S/C26H26ClN3O5S/c1-28-11-2-3-18-14-23(8-5-21(18)16-28)29-12-10-25(26(29)32)30(35-17-31)36(33,34)24-9-6-19-13-22(27)7-4-20(19)15-24/h4-9,13-15,17,25H,2-3,10-12,16H2,1H3/t25-/m0/s1. The van der Waals surface area contributed by atoms with E-state index in [9.17, 15) is 18.0 Å². The number of hydrogen-bond acceptors (Lipinski definition) is 6. The minimum Gasteiger partial charge on any atom is -0.355 e. The van der Waals surface area contributed by atoms with E-state index in [-0.39, 0.29) is 17.8 Å². The van der Waals surface area contributed by atoms with Crippen molar-refractivity contribution in [2.75, 3.05) is 25.0 Å². The highest BCUT2D eigenvalue weighted by Crippen LogP contribution is 2.32. The van der Waals surface area contributed by atoms with Crippen molar-refractivity contribution >= 4 is 50.5 Å². The summed E-state index contributed by atoms with van der Waals surface area (Å²) in [7, 11) is -2.23. The number of hydroxylamine groups is 1. The van der Waals surface area contributed by atoms with E-state index in [4.69, 9.17) is 16.4 Å². The summed E-state index contributed by atoms with van der Waals surface area (Å²) in [6.45, 7) is 2.20. The average Bonchev–Trinajstić information content (AvgIpc) is 3.12. The highest BCUT2D eigenvalue weighted by atomic mass is 35.5. The van der Waals surface area contributed by atoms with Crippen molar-refractivity contribution in [3.8, 4) is 0 Å². The maximum absolute atomic E-state index is 13.5. The van der Waals surface area contributed by atoms with Gasteiger partial charge in [-0.25, -0.2) is 8.42 Å². The van der Waals surface area contributed by atoms with Crippen molar-refractivity contribution in [2.24, 2.45) is 0 Å². The van der Waals surface area contributed by atoms with Crippen molar-refractivity contribution in [3.05, 3.63) is 70.7 Å². The van der Waals surface area contributed by atoms with E-state index < -0.39 is 22.0 Å². The van der Waals surface area contributed by atoms with Gasteiger partial charge in [0.05, 0.1) is 4.90 Å². The molecular weight excluding hydrogens is 502 g/mol. The van der Waals surface area contributed by atoms with Crippen LogP contribution in [0.1, 0.15) is 24.0 Å². The summed E-state index contributed by atoms with van der Waals surface area (Å²) >= 11 is 6.03. The topological polar surface area (TPSA) is 87.2 Å². The van der Waals surface area contributed by atoms with Crippen LogP contribution in [0.2, 0.25) is 5.02 Å². The van der Waals surface area contributed by atoms with Gasteiger partial charge in [-0.2, -0.15) is 0 Å². The van der Waals surface area contributed by atoms with E-state index in [0.29, 0.717) is 21.4 Å². The Morgan fingerprint density at radius 2 is 1.81 bits per heavy atom. The molecule has 0 unspecified atom stereocenters. The molecule has 36 heavy (non-hydrogen) atoms. The highest BCUT2D eigenvalue weighted by Gasteiger charge is 2.44. The smallest absolute Gasteiger partial charge is 0.314 e. The minimum atomic E-state index is -4.32. The molecule has 0 spiro atoms. The van der Waals surface area contributed by atoms with Crippen LogP contribution in [0, 0.1) is 0 Å². The summed E-state index contributed by atoms with van der Waals surface area (Å²) in [5.74, 6) is -0.432. The highest BCUT2D eigenvalue weighted by molar-refractivity contribution is 7.89. The number of sulfonamides is 1. The molecule has 1 saturated heterocycles. The second-order valence-electron chi connectivity index (χ2n) is 9.20.